The maximum atomic E-state index is 13.5. The molecule has 1 amide bonds. The molecule has 0 unspecified atom stereocenters. The molecule has 5 rings (SSSR count). The number of aromatic nitrogens is 2. The van der Waals surface area contributed by atoms with E-state index in [9.17, 15) is 28.0 Å². The predicted octanol–water partition coefficient (Wildman–Crippen LogP) is 6.07. The van der Waals surface area contributed by atoms with E-state index >= 15 is 0 Å². The number of alkyl halides is 3. The summed E-state index contributed by atoms with van der Waals surface area (Å²) >= 11 is 0. The molecule has 13 heteroatoms. The Labute approximate surface area is 256 Å². The molecule has 2 N–H and O–H groups in total. The standard InChI is InChI=1S/C32H33F3N4O6/c1-3-4-5-6-7-11-23(38-42)30(40)39-18-21(17-24(39)31(41)43-2)44-29-27-26(22-10-8-9-12-25(22)45-27)36-28(37-29)19-13-15-20(16-14-19)32(33,34)35/h3,8-10,12-16,21,23-24,38,42H,1,4-7,11,17-18H2,2H3/t21-,23+,24+/m1/s1. The SMILES string of the molecule is C=CCCCCC[C@H](NO)C(=O)N1C[C@H](Oc2nc(-c3ccc(C(F)(F)F)cc3)nc3c2oc2ccccc23)C[C@H]1C(=O)OC. The summed E-state index contributed by atoms with van der Waals surface area (Å²) in [6.07, 6.45) is 0.265. The molecule has 0 bridgehead atoms. The van der Waals surface area contributed by atoms with Gasteiger partial charge in [-0.3, -0.25) is 4.79 Å². The maximum absolute atomic E-state index is 13.5. The van der Waals surface area contributed by atoms with Gasteiger partial charge < -0.3 is 24.0 Å². The van der Waals surface area contributed by atoms with Crippen molar-refractivity contribution in [1.29, 1.82) is 0 Å². The summed E-state index contributed by atoms with van der Waals surface area (Å²) in [6, 6.07) is 9.63. The number of fused-ring (bicyclic) bond motifs is 3. The van der Waals surface area contributed by atoms with Crippen molar-refractivity contribution < 1.29 is 41.9 Å². The molecule has 1 fully saturated rings. The second-order valence-corrected chi connectivity index (χ2v) is 10.8. The lowest BCUT2D eigenvalue weighted by Crippen LogP contribution is -2.50. The number of rotatable bonds is 12. The molecule has 0 aliphatic carbocycles. The van der Waals surface area contributed by atoms with Gasteiger partial charge in [0.25, 0.3) is 5.88 Å². The summed E-state index contributed by atoms with van der Waals surface area (Å²) in [4.78, 5) is 36.7. The van der Waals surface area contributed by atoms with Gasteiger partial charge >= 0.3 is 12.1 Å². The van der Waals surface area contributed by atoms with E-state index < -0.39 is 41.8 Å². The molecule has 0 radical (unpaired) electrons. The zero-order chi connectivity index (χ0) is 32.1. The molecule has 2 aromatic carbocycles. The van der Waals surface area contributed by atoms with Crippen LogP contribution in [-0.4, -0.2) is 63.8 Å². The van der Waals surface area contributed by atoms with Crippen molar-refractivity contribution in [2.75, 3.05) is 13.7 Å². The predicted molar refractivity (Wildman–Crippen MR) is 158 cm³/mol. The lowest BCUT2D eigenvalue weighted by atomic mass is 10.1. The summed E-state index contributed by atoms with van der Waals surface area (Å²) < 4.78 is 56.8. The number of para-hydroxylation sites is 1. The summed E-state index contributed by atoms with van der Waals surface area (Å²) in [5.74, 6) is -1.01. The number of halogens is 3. The van der Waals surface area contributed by atoms with Gasteiger partial charge in [-0.05, 0) is 43.5 Å². The van der Waals surface area contributed by atoms with E-state index in [1.807, 2.05) is 6.08 Å². The van der Waals surface area contributed by atoms with Gasteiger partial charge in [0.1, 0.15) is 29.3 Å². The summed E-state index contributed by atoms with van der Waals surface area (Å²) in [5.41, 5.74) is 2.69. The Morgan fingerprint density at radius 1 is 1.16 bits per heavy atom. The second kappa shape index (κ2) is 13.7. The quantitative estimate of drug-likeness (QED) is 0.0834. The molecule has 10 nitrogen and oxygen atoms in total. The van der Waals surface area contributed by atoms with E-state index in [0.29, 0.717) is 34.9 Å². The third-order valence-electron chi connectivity index (χ3n) is 7.81. The molecule has 0 spiro atoms. The van der Waals surface area contributed by atoms with Crippen LogP contribution >= 0.6 is 0 Å². The van der Waals surface area contributed by atoms with Crippen molar-refractivity contribution in [2.24, 2.45) is 0 Å². The first-order chi connectivity index (χ1) is 21.6. The Morgan fingerprint density at radius 2 is 1.91 bits per heavy atom. The van der Waals surface area contributed by atoms with Gasteiger partial charge in [0.15, 0.2) is 5.82 Å². The Bertz CT molecular complexity index is 1670. The number of hydrogen-bond acceptors (Lipinski definition) is 9. The minimum atomic E-state index is -4.50. The average Bonchev–Trinajstić information content (AvgIpc) is 3.64. The van der Waals surface area contributed by atoms with E-state index in [0.717, 1.165) is 31.4 Å². The van der Waals surface area contributed by atoms with Crippen molar-refractivity contribution in [1.82, 2.24) is 20.3 Å². The van der Waals surface area contributed by atoms with Crippen LogP contribution in [0.15, 0.2) is 65.6 Å². The number of likely N-dealkylation sites (tertiary alicyclic amines) is 1. The summed E-state index contributed by atoms with van der Waals surface area (Å²) in [7, 11) is 1.22. The number of carbonyl (C=O) groups excluding carboxylic acids is 2. The highest BCUT2D eigenvalue weighted by Crippen LogP contribution is 2.37. The van der Waals surface area contributed by atoms with Crippen LogP contribution in [0.4, 0.5) is 13.2 Å². The highest BCUT2D eigenvalue weighted by atomic mass is 19.4. The number of hydroxylamine groups is 1. The normalized spacial score (nSPS) is 17.5. The average molecular weight is 627 g/mol. The number of nitrogens with one attached hydrogen (secondary N) is 1. The van der Waals surface area contributed by atoms with Gasteiger partial charge in [0.2, 0.25) is 11.5 Å². The van der Waals surface area contributed by atoms with Gasteiger partial charge in [-0.15, -0.1) is 6.58 Å². The number of hydrogen-bond donors (Lipinski definition) is 2. The molecule has 1 aliphatic rings. The minimum absolute atomic E-state index is 0.00747. The number of ether oxygens (including phenoxy) is 2. The van der Waals surface area contributed by atoms with Crippen LogP contribution in [0.5, 0.6) is 5.88 Å². The number of allylic oxidation sites excluding steroid dienone is 1. The first-order valence-electron chi connectivity index (χ1n) is 14.6. The molecule has 4 aromatic rings. The van der Waals surface area contributed by atoms with Crippen molar-refractivity contribution in [2.45, 2.75) is 62.9 Å². The van der Waals surface area contributed by atoms with E-state index in [2.05, 4.69) is 22.0 Å². The molecule has 1 saturated heterocycles. The number of methoxy groups -OCH3 is 1. The van der Waals surface area contributed by atoms with Crippen LogP contribution in [0, 0.1) is 0 Å². The Hall–Kier alpha value is -4.49. The van der Waals surface area contributed by atoms with Crippen LogP contribution in [0.3, 0.4) is 0 Å². The van der Waals surface area contributed by atoms with Gasteiger partial charge in [-0.25, -0.2) is 9.78 Å². The third-order valence-corrected chi connectivity index (χ3v) is 7.81. The summed E-state index contributed by atoms with van der Waals surface area (Å²) in [6.45, 7) is 3.68. The lowest BCUT2D eigenvalue weighted by Gasteiger charge is -2.26. The zero-order valence-electron chi connectivity index (χ0n) is 24.5. The Balaban J connectivity index is 1.45. The fourth-order valence-corrected chi connectivity index (χ4v) is 5.48. The fourth-order valence-electron chi connectivity index (χ4n) is 5.48. The molecular weight excluding hydrogens is 593 g/mol. The highest BCUT2D eigenvalue weighted by molar-refractivity contribution is 6.04. The topological polar surface area (TPSA) is 127 Å². The minimum Gasteiger partial charge on any atom is -0.470 e. The number of unbranched alkanes of at least 4 members (excludes halogenated alkanes) is 3. The number of amides is 1. The van der Waals surface area contributed by atoms with Crippen LogP contribution < -0.4 is 10.2 Å². The molecule has 3 atom stereocenters. The molecular formula is C32H33F3N4O6. The monoisotopic (exact) mass is 626 g/mol. The molecule has 3 heterocycles. The van der Waals surface area contributed by atoms with Crippen LogP contribution in [-0.2, 0) is 20.5 Å². The smallest absolute Gasteiger partial charge is 0.416 e. The van der Waals surface area contributed by atoms with Crippen LogP contribution in [0.1, 0.15) is 44.1 Å². The number of nitrogens with zero attached hydrogens (tertiary/aromatic N) is 3. The van der Waals surface area contributed by atoms with E-state index in [4.69, 9.17) is 13.9 Å². The van der Waals surface area contributed by atoms with Crippen molar-refractivity contribution in [3.05, 3.63) is 66.7 Å². The fraction of sp³-hybridized carbons (Fsp3) is 0.375. The van der Waals surface area contributed by atoms with Crippen LogP contribution in [0.25, 0.3) is 33.5 Å². The number of furan rings is 1. The van der Waals surface area contributed by atoms with Gasteiger partial charge in [-0.1, -0.05) is 43.2 Å². The zero-order valence-corrected chi connectivity index (χ0v) is 24.5. The van der Waals surface area contributed by atoms with Gasteiger partial charge in [-0.2, -0.15) is 23.6 Å². The number of benzene rings is 2. The maximum Gasteiger partial charge on any atom is 0.416 e. The van der Waals surface area contributed by atoms with Crippen molar-refractivity contribution in [3.63, 3.8) is 0 Å². The molecule has 238 valence electrons. The first-order valence-corrected chi connectivity index (χ1v) is 14.6. The highest BCUT2D eigenvalue weighted by Gasteiger charge is 2.44. The lowest BCUT2D eigenvalue weighted by molar-refractivity contribution is -0.152. The van der Waals surface area contributed by atoms with E-state index in [-0.39, 0.29) is 30.3 Å². The molecule has 0 saturated carbocycles. The molecule has 1 aliphatic heterocycles. The number of esters is 1. The largest absolute Gasteiger partial charge is 0.470 e. The van der Waals surface area contributed by atoms with Crippen molar-refractivity contribution >= 4 is 33.9 Å². The van der Waals surface area contributed by atoms with E-state index in [1.165, 1.54) is 24.1 Å². The third kappa shape index (κ3) is 6.94. The van der Waals surface area contributed by atoms with Crippen LogP contribution in [0.2, 0.25) is 0 Å². The van der Waals surface area contributed by atoms with Gasteiger partial charge in [0, 0.05) is 17.4 Å². The summed E-state index contributed by atoms with van der Waals surface area (Å²) in [5, 5.41) is 10.4. The van der Waals surface area contributed by atoms with E-state index in [1.54, 1.807) is 24.3 Å². The Kier molecular flexibility index (Phi) is 9.68. The number of carbonyl (C=O) groups is 2. The molecule has 2 aromatic heterocycles. The second-order valence-electron chi connectivity index (χ2n) is 10.8. The van der Waals surface area contributed by atoms with Crippen molar-refractivity contribution in [3.8, 4) is 17.3 Å². The Morgan fingerprint density at radius 3 is 2.60 bits per heavy atom. The first kappa shape index (κ1) is 31.9. The molecule has 45 heavy (non-hydrogen) atoms. The van der Waals surface area contributed by atoms with Gasteiger partial charge in [0.05, 0.1) is 19.2 Å².